The zero-order chi connectivity index (χ0) is 47.5. The molecule has 4 aromatic carbocycles. The molecular weight excluding hydrogens is 944 g/mol. The van der Waals surface area contributed by atoms with Crippen molar-refractivity contribution >= 4 is 27.9 Å². The van der Waals surface area contributed by atoms with Gasteiger partial charge in [-0.25, -0.2) is 0 Å². The first-order chi connectivity index (χ1) is 32.5. The predicted octanol–water partition coefficient (Wildman–Crippen LogP) is 9.63. The molecule has 344 valence electrons. The van der Waals surface area contributed by atoms with E-state index in [4.69, 9.17) is 13.9 Å². The van der Waals surface area contributed by atoms with Crippen molar-refractivity contribution in [3.05, 3.63) is 213 Å². The minimum absolute atomic E-state index is 0.0306. The fourth-order valence-corrected chi connectivity index (χ4v) is 6.72. The minimum atomic E-state index is -2.90. The quantitative estimate of drug-likeness (QED) is 0.0584. The van der Waals surface area contributed by atoms with Crippen LogP contribution >= 0.6 is 15.9 Å². The lowest BCUT2D eigenvalue weighted by Gasteiger charge is -2.18. The third kappa shape index (κ3) is 14.3. The van der Waals surface area contributed by atoms with Crippen LogP contribution in [0, 0.1) is 0 Å². The smallest absolute Gasteiger partial charge is 0.315 e. The van der Waals surface area contributed by atoms with Crippen molar-refractivity contribution in [2.24, 2.45) is 0 Å². The second-order valence-electron chi connectivity index (χ2n) is 14.1. The molecule has 0 spiro atoms. The number of nitrogens with one attached hydrogen (secondary N) is 1. The van der Waals surface area contributed by atoms with Gasteiger partial charge in [-0.2, -0.15) is 17.6 Å². The number of hydrogen-bond donors (Lipinski definition) is 1. The van der Waals surface area contributed by atoms with Crippen molar-refractivity contribution in [2.45, 2.75) is 44.4 Å². The van der Waals surface area contributed by atoms with Gasteiger partial charge in [-0.1, -0.05) is 137 Å². The summed E-state index contributed by atoms with van der Waals surface area (Å²) in [6, 6.07) is 43.0. The summed E-state index contributed by atoms with van der Waals surface area (Å²) in [6.45, 7) is 0.458. The highest BCUT2D eigenvalue weighted by Crippen LogP contribution is 2.25. The molecule has 2 unspecified atom stereocenters. The average Bonchev–Trinajstić information content (AvgIpc) is 4.07. The number of esters is 2. The van der Waals surface area contributed by atoms with Gasteiger partial charge >= 0.3 is 24.8 Å². The van der Waals surface area contributed by atoms with Gasteiger partial charge in [0.05, 0.1) is 11.8 Å². The Balaban J connectivity index is 0.000000183. The third-order valence-electron chi connectivity index (χ3n) is 9.47. The van der Waals surface area contributed by atoms with Crippen molar-refractivity contribution < 1.29 is 45.5 Å². The van der Waals surface area contributed by atoms with Gasteiger partial charge in [0, 0.05) is 47.5 Å². The Hall–Kier alpha value is -7.80. The Morgan fingerprint density at radius 3 is 1.48 bits per heavy atom. The summed E-state index contributed by atoms with van der Waals surface area (Å²) in [4.78, 5) is 51.0. The largest absolute Gasteiger partial charge is 0.460 e. The molecule has 4 heterocycles. The summed E-state index contributed by atoms with van der Waals surface area (Å²) in [6.07, 6.45) is -2.90. The molecule has 0 saturated carbocycles. The number of rotatable bonds is 15. The first kappa shape index (κ1) is 48.7. The van der Waals surface area contributed by atoms with Crippen LogP contribution in [0.5, 0.6) is 0 Å². The molecule has 0 aliphatic carbocycles. The van der Waals surface area contributed by atoms with Gasteiger partial charge in [-0.15, -0.1) is 20.4 Å². The van der Waals surface area contributed by atoms with Crippen molar-refractivity contribution in [1.82, 2.24) is 29.9 Å². The Morgan fingerprint density at radius 1 is 0.597 bits per heavy atom. The maximum absolute atomic E-state index is 12.9. The molecule has 14 nitrogen and oxygen atoms in total. The Kier molecular flexibility index (Phi) is 17.8. The van der Waals surface area contributed by atoms with Crippen LogP contribution in [0.3, 0.4) is 0 Å². The van der Waals surface area contributed by atoms with Crippen molar-refractivity contribution in [1.29, 1.82) is 0 Å². The van der Waals surface area contributed by atoms with Gasteiger partial charge in [0.1, 0.15) is 13.2 Å². The number of nitrogens with zero attached hydrogens (tertiary/aromatic N) is 5. The van der Waals surface area contributed by atoms with E-state index in [-0.39, 0.29) is 47.9 Å². The zero-order valence-corrected chi connectivity index (χ0v) is 36.6. The number of carbonyl (C=O) groups excluding carboxylic acids is 2. The Bertz CT molecular complexity index is 2900. The van der Waals surface area contributed by atoms with Crippen LogP contribution in [0.15, 0.2) is 176 Å². The van der Waals surface area contributed by atoms with Crippen LogP contribution in [0.2, 0.25) is 0 Å². The molecule has 67 heavy (non-hydrogen) atoms. The summed E-state index contributed by atoms with van der Waals surface area (Å²) in [5.41, 5.74) is 3.20. The fourth-order valence-electron chi connectivity index (χ4n) is 6.08. The van der Waals surface area contributed by atoms with Gasteiger partial charge in [-0.05, 0) is 34.4 Å². The van der Waals surface area contributed by atoms with E-state index in [2.05, 4.69) is 45.7 Å². The van der Waals surface area contributed by atoms with E-state index in [0.717, 1.165) is 16.7 Å². The number of ether oxygens (including phenoxy) is 2. The van der Waals surface area contributed by atoms with E-state index in [1.54, 1.807) is 24.3 Å². The van der Waals surface area contributed by atoms with E-state index in [9.17, 15) is 36.7 Å². The minimum Gasteiger partial charge on any atom is -0.460 e. The standard InChI is InChI=1S/C24H19F2N3O4.C16H15BrO2.C8H5F2N3O2/c25-21(26)23-28-27-22(33-23)18-11-12-29(20(30)13-18)14-19(17-9-5-2-6-10-17)24(31)32-15-16-7-3-1-4-8-16;17-11-15(14-9-5-2-6-10-14)16(18)19-12-13-7-3-1-4-8-13;9-6(10)8-13-12-7(15-8)4-1-2-11-5(14)3-4/h1-13,19,21H,14-15H2;1-10,15H,11-12H2;1-3,6H,(H,11,14). The molecule has 0 aliphatic rings. The highest BCUT2D eigenvalue weighted by Gasteiger charge is 2.25. The maximum atomic E-state index is 12.9. The van der Waals surface area contributed by atoms with Crippen LogP contribution in [0.4, 0.5) is 17.6 Å². The molecule has 19 heteroatoms. The van der Waals surface area contributed by atoms with Gasteiger partial charge < -0.3 is 27.9 Å². The summed E-state index contributed by atoms with van der Waals surface area (Å²) in [5.74, 6) is -3.53. The van der Waals surface area contributed by atoms with Gasteiger partial charge in [0.15, 0.2) is 0 Å². The second-order valence-corrected chi connectivity index (χ2v) is 14.8. The Labute approximate surface area is 387 Å². The number of aromatic amines is 1. The summed E-state index contributed by atoms with van der Waals surface area (Å²) in [5, 5.41) is 13.9. The molecule has 0 radical (unpaired) electrons. The fraction of sp³-hybridized carbons (Fsp3) is 0.167. The lowest BCUT2D eigenvalue weighted by atomic mass is 9.99. The van der Waals surface area contributed by atoms with E-state index in [1.807, 2.05) is 97.1 Å². The van der Waals surface area contributed by atoms with Crippen LogP contribution in [-0.2, 0) is 38.8 Å². The summed E-state index contributed by atoms with van der Waals surface area (Å²) >= 11 is 3.38. The normalized spacial score (nSPS) is 11.7. The van der Waals surface area contributed by atoms with E-state index >= 15 is 0 Å². The second kappa shape index (κ2) is 24.5. The number of carbonyl (C=O) groups is 2. The Morgan fingerprint density at radius 2 is 1.04 bits per heavy atom. The third-order valence-corrected chi connectivity index (χ3v) is 10.1. The molecule has 8 rings (SSSR count). The van der Waals surface area contributed by atoms with Crippen molar-refractivity contribution in [3.63, 3.8) is 0 Å². The monoisotopic (exact) mass is 982 g/mol. The molecule has 0 bridgehead atoms. The van der Waals surface area contributed by atoms with Crippen LogP contribution in [-0.4, -0.2) is 47.2 Å². The van der Waals surface area contributed by atoms with Gasteiger partial charge in [-0.3, -0.25) is 19.2 Å². The first-order valence-corrected chi connectivity index (χ1v) is 21.3. The molecule has 2 atom stereocenters. The van der Waals surface area contributed by atoms with Crippen molar-refractivity contribution in [2.75, 3.05) is 5.33 Å². The average molecular weight is 984 g/mol. The molecule has 1 N–H and O–H groups in total. The topological polar surface area (TPSA) is 185 Å². The van der Waals surface area contributed by atoms with Gasteiger partial charge in [0.25, 0.3) is 17.3 Å². The van der Waals surface area contributed by atoms with Crippen LogP contribution in [0.25, 0.3) is 22.9 Å². The molecule has 0 amide bonds. The van der Waals surface area contributed by atoms with E-state index < -0.39 is 42.1 Å². The van der Waals surface area contributed by atoms with Gasteiger partial charge in [0.2, 0.25) is 17.3 Å². The molecule has 8 aromatic rings. The van der Waals surface area contributed by atoms with Crippen molar-refractivity contribution in [3.8, 4) is 22.9 Å². The number of halogens is 5. The molecule has 4 aromatic heterocycles. The molecule has 0 saturated heterocycles. The van der Waals surface area contributed by atoms with E-state index in [0.29, 0.717) is 23.1 Å². The first-order valence-electron chi connectivity index (χ1n) is 20.2. The maximum Gasteiger partial charge on any atom is 0.315 e. The number of H-pyrrole nitrogens is 1. The lowest BCUT2D eigenvalue weighted by molar-refractivity contribution is -0.147. The highest BCUT2D eigenvalue weighted by atomic mass is 79.9. The number of hydrogen-bond acceptors (Lipinski definition) is 12. The molecule has 0 fully saturated rings. The predicted molar refractivity (Wildman–Crippen MR) is 239 cm³/mol. The summed E-state index contributed by atoms with van der Waals surface area (Å²) in [7, 11) is 0. The SMILES string of the molecule is O=C(OCc1ccccc1)C(CBr)c1ccccc1.O=C(OCc1ccccc1)C(Cn1ccc(-c2nnc(C(F)F)o2)cc1=O)c1ccccc1.O=c1cc(-c2nnc(C(F)F)o2)cc[nH]1. The molecule has 0 aliphatic heterocycles. The van der Waals surface area contributed by atoms with Crippen LogP contribution in [0.1, 0.15) is 58.7 Å². The number of pyridine rings is 2. The number of alkyl halides is 5. The highest BCUT2D eigenvalue weighted by molar-refractivity contribution is 9.09. The zero-order valence-electron chi connectivity index (χ0n) is 35.0. The summed E-state index contributed by atoms with van der Waals surface area (Å²) < 4.78 is 71.4. The lowest BCUT2D eigenvalue weighted by Crippen LogP contribution is -2.27. The van der Waals surface area contributed by atoms with Crippen LogP contribution < -0.4 is 11.1 Å². The number of benzene rings is 4. The van der Waals surface area contributed by atoms with E-state index in [1.165, 1.54) is 41.2 Å². The molecular formula is C48H39BrF4N6O8. The number of aromatic nitrogens is 6.